The first-order valence-electron chi connectivity index (χ1n) is 13.8. The van der Waals surface area contributed by atoms with E-state index in [4.69, 9.17) is 28.2 Å². The molecule has 41 heavy (non-hydrogen) atoms. The first-order valence-corrected chi connectivity index (χ1v) is 14.6. The van der Waals surface area contributed by atoms with Gasteiger partial charge in [0.15, 0.2) is 5.11 Å². The zero-order valence-electron chi connectivity index (χ0n) is 22.8. The van der Waals surface area contributed by atoms with Crippen LogP contribution in [0.4, 0.5) is 11.4 Å². The SMILES string of the molecule is C[C@@H]1C[C@H](C)CN(c2ccc(N3C(=S)N[C@@H](c4ccccn4)[C@@H]3c3ccc(-c4cccc(C(=O)O)c4)o3)cc2Cl)C1. The Labute approximate surface area is 249 Å². The second-order valence-corrected chi connectivity index (χ2v) is 11.9. The van der Waals surface area contributed by atoms with Crippen molar-refractivity contribution in [3.8, 4) is 11.3 Å². The van der Waals surface area contributed by atoms with Crippen LogP contribution in [0.2, 0.25) is 5.02 Å². The van der Waals surface area contributed by atoms with Gasteiger partial charge in [0.1, 0.15) is 17.6 Å². The molecular formula is C32H31ClN4O3S. The lowest BCUT2D eigenvalue weighted by Crippen LogP contribution is -2.38. The number of benzene rings is 2. The molecule has 2 saturated heterocycles. The van der Waals surface area contributed by atoms with Gasteiger partial charge >= 0.3 is 5.97 Å². The second kappa shape index (κ2) is 11.2. The molecule has 0 bridgehead atoms. The molecule has 0 aliphatic carbocycles. The quantitative estimate of drug-likeness (QED) is 0.227. The Morgan fingerprint density at radius 2 is 1.85 bits per heavy atom. The van der Waals surface area contributed by atoms with Crippen LogP contribution in [0.15, 0.2) is 83.4 Å². The molecule has 6 rings (SSSR count). The summed E-state index contributed by atoms with van der Waals surface area (Å²) in [4.78, 5) is 20.6. The second-order valence-electron chi connectivity index (χ2n) is 11.1. The molecule has 2 aromatic carbocycles. The molecule has 0 spiro atoms. The van der Waals surface area contributed by atoms with Gasteiger partial charge in [-0.1, -0.05) is 43.6 Å². The van der Waals surface area contributed by atoms with Crippen LogP contribution < -0.4 is 15.1 Å². The monoisotopic (exact) mass is 586 g/mol. The van der Waals surface area contributed by atoms with Crippen molar-refractivity contribution in [3.05, 3.63) is 101 Å². The van der Waals surface area contributed by atoms with E-state index >= 15 is 0 Å². The molecule has 4 heterocycles. The summed E-state index contributed by atoms with van der Waals surface area (Å²) in [6, 6.07) is 21.8. The normalized spacial score (nSPS) is 22.6. The minimum atomic E-state index is -0.987. The number of aromatic carboxylic acids is 1. The van der Waals surface area contributed by atoms with Crippen molar-refractivity contribution in [2.24, 2.45) is 11.8 Å². The Balaban J connectivity index is 1.38. The molecule has 2 aromatic heterocycles. The summed E-state index contributed by atoms with van der Waals surface area (Å²) < 4.78 is 6.41. The lowest BCUT2D eigenvalue weighted by Gasteiger charge is -2.37. The molecule has 210 valence electrons. The summed E-state index contributed by atoms with van der Waals surface area (Å²) >= 11 is 12.8. The summed E-state index contributed by atoms with van der Waals surface area (Å²) in [6.07, 6.45) is 2.99. The minimum Gasteiger partial charge on any atom is -0.478 e. The van der Waals surface area contributed by atoms with E-state index in [9.17, 15) is 9.90 Å². The fourth-order valence-corrected chi connectivity index (χ4v) is 6.80. The van der Waals surface area contributed by atoms with E-state index in [2.05, 4.69) is 41.2 Å². The Hall–Kier alpha value is -3.88. The molecule has 2 N–H and O–H groups in total. The maximum Gasteiger partial charge on any atom is 0.335 e. The number of carbonyl (C=O) groups is 1. The number of nitrogens with one attached hydrogen (secondary N) is 1. The van der Waals surface area contributed by atoms with Crippen molar-refractivity contribution < 1.29 is 14.3 Å². The summed E-state index contributed by atoms with van der Waals surface area (Å²) in [7, 11) is 0. The minimum absolute atomic E-state index is 0.198. The number of halogens is 1. The van der Waals surface area contributed by atoms with Gasteiger partial charge in [-0.2, -0.15) is 0 Å². The molecule has 4 aromatic rings. The maximum absolute atomic E-state index is 11.5. The zero-order chi connectivity index (χ0) is 28.7. The van der Waals surface area contributed by atoms with Gasteiger partial charge in [0.25, 0.3) is 0 Å². The van der Waals surface area contributed by atoms with Gasteiger partial charge in [0.05, 0.1) is 28.0 Å². The third-order valence-electron chi connectivity index (χ3n) is 7.83. The highest BCUT2D eigenvalue weighted by atomic mass is 35.5. The summed E-state index contributed by atoms with van der Waals surface area (Å²) in [5, 5.41) is 14.1. The number of piperidine rings is 1. The Bertz CT molecular complexity index is 1580. The van der Waals surface area contributed by atoms with Crippen LogP contribution in [-0.4, -0.2) is 34.3 Å². The highest BCUT2D eigenvalue weighted by Crippen LogP contribution is 2.44. The lowest BCUT2D eigenvalue weighted by atomic mass is 9.91. The van der Waals surface area contributed by atoms with Crippen molar-refractivity contribution in [3.63, 3.8) is 0 Å². The van der Waals surface area contributed by atoms with Crippen molar-refractivity contribution in [2.75, 3.05) is 22.9 Å². The number of hydrogen-bond acceptors (Lipinski definition) is 5. The number of aromatic nitrogens is 1. The van der Waals surface area contributed by atoms with Crippen LogP contribution in [0.5, 0.6) is 0 Å². The number of furan rings is 1. The van der Waals surface area contributed by atoms with Crippen LogP contribution in [0, 0.1) is 11.8 Å². The maximum atomic E-state index is 11.5. The van der Waals surface area contributed by atoms with Crippen molar-refractivity contribution >= 4 is 46.3 Å². The Morgan fingerprint density at radius 1 is 1.05 bits per heavy atom. The number of carboxylic acid groups (broad SMARTS) is 1. The Morgan fingerprint density at radius 3 is 2.56 bits per heavy atom. The number of nitrogens with zero attached hydrogens (tertiary/aromatic N) is 3. The smallest absolute Gasteiger partial charge is 0.335 e. The molecule has 0 radical (unpaired) electrons. The average Bonchev–Trinajstić information content (AvgIpc) is 3.57. The molecule has 7 nitrogen and oxygen atoms in total. The van der Waals surface area contributed by atoms with Crippen LogP contribution in [0.25, 0.3) is 11.3 Å². The first kappa shape index (κ1) is 27.3. The largest absolute Gasteiger partial charge is 0.478 e. The molecule has 0 saturated carbocycles. The van der Waals surface area contributed by atoms with E-state index in [-0.39, 0.29) is 17.6 Å². The summed E-state index contributed by atoms with van der Waals surface area (Å²) in [5.74, 6) is 1.47. The molecule has 2 fully saturated rings. The van der Waals surface area contributed by atoms with Gasteiger partial charge in [0, 0.05) is 30.5 Å². The van der Waals surface area contributed by atoms with E-state index in [1.54, 1.807) is 24.4 Å². The predicted molar refractivity (Wildman–Crippen MR) is 166 cm³/mol. The van der Waals surface area contributed by atoms with E-state index in [1.165, 1.54) is 6.42 Å². The molecule has 0 amide bonds. The third-order valence-corrected chi connectivity index (χ3v) is 8.45. The highest BCUT2D eigenvalue weighted by molar-refractivity contribution is 7.80. The average molecular weight is 587 g/mol. The van der Waals surface area contributed by atoms with E-state index in [0.29, 0.717) is 39.1 Å². The molecule has 4 atom stereocenters. The fourth-order valence-electron chi connectivity index (χ4n) is 6.16. The predicted octanol–water partition coefficient (Wildman–Crippen LogP) is 7.35. The number of carboxylic acids is 1. The summed E-state index contributed by atoms with van der Waals surface area (Å²) in [6.45, 7) is 6.54. The van der Waals surface area contributed by atoms with Crippen LogP contribution in [0.1, 0.15) is 54.2 Å². The van der Waals surface area contributed by atoms with Gasteiger partial charge in [0.2, 0.25) is 0 Å². The topological polar surface area (TPSA) is 81.8 Å². The van der Waals surface area contributed by atoms with Gasteiger partial charge in [-0.25, -0.2) is 4.79 Å². The molecule has 2 aliphatic heterocycles. The fraction of sp³-hybridized carbons (Fsp3) is 0.281. The Kier molecular flexibility index (Phi) is 7.45. The van der Waals surface area contributed by atoms with Gasteiger partial charge < -0.3 is 24.6 Å². The zero-order valence-corrected chi connectivity index (χ0v) is 24.4. The van der Waals surface area contributed by atoms with Crippen LogP contribution in [-0.2, 0) is 0 Å². The van der Waals surface area contributed by atoms with E-state index in [1.807, 2.05) is 47.4 Å². The lowest BCUT2D eigenvalue weighted by molar-refractivity contribution is 0.0697. The van der Waals surface area contributed by atoms with E-state index in [0.717, 1.165) is 30.2 Å². The van der Waals surface area contributed by atoms with Gasteiger partial charge in [-0.05, 0) is 85.1 Å². The number of rotatable bonds is 6. The molecule has 2 aliphatic rings. The highest BCUT2D eigenvalue weighted by Gasteiger charge is 2.43. The standard InChI is InChI=1S/C32H31ClN4O3S/c1-19-14-20(2)18-36(17-19)26-10-9-23(16-24(26)33)37-30(29(35-32(37)41)25-8-3-4-13-34-25)28-12-11-27(40-28)21-6-5-7-22(15-21)31(38)39/h3-13,15-16,19-20,29-30H,14,17-18H2,1-2H3,(H,35,41)(H,38,39)/t19-,20+,29-,30-/m0/s1. The number of thiocarbonyl (C=S) groups is 1. The van der Waals surface area contributed by atoms with E-state index < -0.39 is 5.97 Å². The van der Waals surface area contributed by atoms with Crippen LogP contribution >= 0.6 is 23.8 Å². The molecular weight excluding hydrogens is 556 g/mol. The van der Waals surface area contributed by atoms with Gasteiger partial charge in [-0.15, -0.1) is 0 Å². The van der Waals surface area contributed by atoms with Crippen LogP contribution in [0.3, 0.4) is 0 Å². The number of hydrogen-bond donors (Lipinski definition) is 2. The van der Waals surface area contributed by atoms with Crippen molar-refractivity contribution in [2.45, 2.75) is 32.4 Å². The van der Waals surface area contributed by atoms with Crippen molar-refractivity contribution in [1.82, 2.24) is 10.3 Å². The summed E-state index contributed by atoms with van der Waals surface area (Å²) in [5.41, 5.74) is 3.59. The molecule has 0 unspecified atom stereocenters. The third kappa shape index (κ3) is 5.42. The first-order chi connectivity index (χ1) is 19.8. The van der Waals surface area contributed by atoms with Gasteiger partial charge in [-0.3, -0.25) is 4.98 Å². The number of pyridine rings is 1. The van der Waals surface area contributed by atoms with Crippen molar-refractivity contribution in [1.29, 1.82) is 0 Å². The molecule has 9 heteroatoms. The number of anilines is 2.